The Hall–Kier alpha value is -2.52. The maximum absolute atomic E-state index is 15.6. The van der Waals surface area contributed by atoms with Crippen LogP contribution in [0.2, 0.25) is 0 Å². The molecule has 0 spiro atoms. The maximum atomic E-state index is 15.6. The van der Waals surface area contributed by atoms with E-state index in [-0.39, 0.29) is 42.9 Å². The number of halogens is 4. The summed E-state index contributed by atoms with van der Waals surface area (Å²) >= 11 is 0. The Kier molecular flexibility index (Phi) is 5.95. The van der Waals surface area contributed by atoms with Crippen LogP contribution in [0.15, 0.2) is 30.5 Å². The quantitative estimate of drug-likeness (QED) is 0.580. The molecule has 1 heterocycles. The van der Waals surface area contributed by atoms with Crippen molar-refractivity contribution in [1.82, 2.24) is 10.3 Å². The average molecular weight is 398 g/mol. The van der Waals surface area contributed by atoms with Crippen LogP contribution in [0.5, 0.6) is 0 Å². The predicted octanol–water partition coefficient (Wildman–Crippen LogP) is 2.82. The minimum Gasteiger partial charge on any atom is -0.394 e. The lowest BCUT2D eigenvalue weighted by Crippen LogP contribution is -2.44. The summed E-state index contributed by atoms with van der Waals surface area (Å²) in [5.41, 5.74) is -2.47. The normalized spacial score (nSPS) is 21.2. The van der Waals surface area contributed by atoms with Crippen LogP contribution in [0.4, 0.5) is 17.6 Å². The molecule has 1 aliphatic rings. The second-order valence-electron chi connectivity index (χ2n) is 6.38. The summed E-state index contributed by atoms with van der Waals surface area (Å²) < 4.78 is 61.1. The molecule has 0 fully saturated rings. The second kappa shape index (κ2) is 8.24. The molecule has 2 atom stereocenters. The Morgan fingerprint density at radius 3 is 2.82 bits per heavy atom. The van der Waals surface area contributed by atoms with E-state index in [1.54, 1.807) is 0 Å². The monoisotopic (exact) mass is 398 g/mol. The van der Waals surface area contributed by atoms with Gasteiger partial charge in [0.25, 0.3) is 5.91 Å². The van der Waals surface area contributed by atoms with E-state index < -0.39 is 41.7 Å². The van der Waals surface area contributed by atoms with Crippen LogP contribution in [0.1, 0.15) is 35.8 Å². The number of alkyl halides is 1. The highest BCUT2D eigenvalue weighted by atomic mass is 19.2. The van der Waals surface area contributed by atoms with Crippen LogP contribution < -0.4 is 5.32 Å². The van der Waals surface area contributed by atoms with Gasteiger partial charge < -0.3 is 15.2 Å². The molecule has 5 nitrogen and oxygen atoms in total. The molecule has 150 valence electrons. The number of nitrogens with zero attached hydrogens (tertiary/aromatic N) is 1. The van der Waals surface area contributed by atoms with Gasteiger partial charge in [-0.3, -0.25) is 9.78 Å². The zero-order valence-corrected chi connectivity index (χ0v) is 14.7. The van der Waals surface area contributed by atoms with Crippen molar-refractivity contribution in [3.8, 4) is 0 Å². The molecule has 0 bridgehead atoms. The summed E-state index contributed by atoms with van der Waals surface area (Å²) in [5.74, 6) is -5.48. The lowest BCUT2D eigenvalue weighted by atomic mass is 9.80. The van der Waals surface area contributed by atoms with Crippen LogP contribution in [0.3, 0.4) is 0 Å². The van der Waals surface area contributed by atoms with Crippen molar-refractivity contribution in [2.45, 2.75) is 31.2 Å². The second-order valence-corrected chi connectivity index (χ2v) is 6.38. The zero-order chi connectivity index (χ0) is 20.3. The molecule has 2 N–H and O–H groups in total. The highest BCUT2D eigenvalue weighted by Crippen LogP contribution is 2.43. The third-order valence-electron chi connectivity index (χ3n) is 4.65. The topological polar surface area (TPSA) is 71.5 Å². The molecule has 2 aromatic rings. The van der Waals surface area contributed by atoms with Crippen LogP contribution in [0.25, 0.3) is 0 Å². The van der Waals surface area contributed by atoms with Gasteiger partial charge in [0.2, 0.25) is 5.67 Å². The minimum atomic E-state index is -2.43. The van der Waals surface area contributed by atoms with Crippen LogP contribution in [0, 0.1) is 17.5 Å². The molecule has 9 heteroatoms. The third-order valence-corrected chi connectivity index (χ3v) is 4.65. The molecule has 1 aliphatic carbocycles. The number of aliphatic hydroxyl groups excluding tert-OH is 1. The van der Waals surface area contributed by atoms with Gasteiger partial charge in [-0.2, -0.15) is 0 Å². The van der Waals surface area contributed by atoms with Crippen molar-refractivity contribution in [1.29, 1.82) is 0 Å². The number of nitrogens with one attached hydrogen (secondary N) is 1. The fourth-order valence-corrected chi connectivity index (χ4v) is 3.22. The van der Waals surface area contributed by atoms with Gasteiger partial charge in [0, 0.05) is 23.9 Å². The Morgan fingerprint density at radius 2 is 2.07 bits per heavy atom. The smallest absolute Gasteiger partial charge is 0.262 e. The molecule has 0 aliphatic heterocycles. The number of hydrogen-bond donors (Lipinski definition) is 2. The van der Waals surface area contributed by atoms with Gasteiger partial charge in [-0.25, -0.2) is 17.6 Å². The first-order valence-electron chi connectivity index (χ1n) is 8.66. The highest BCUT2D eigenvalue weighted by Gasteiger charge is 2.47. The number of pyridine rings is 1. The van der Waals surface area contributed by atoms with Crippen molar-refractivity contribution in [3.63, 3.8) is 0 Å². The number of fused-ring (bicyclic) bond motifs is 1. The van der Waals surface area contributed by atoms with Crippen LogP contribution in [-0.4, -0.2) is 29.2 Å². The summed E-state index contributed by atoms with van der Waals surface area (Å²) in [6.07, 6.45) is 0.805. The molecule has 0 saturated carbocycles. The van der Waals surface area contributed by atoms with E-state index in [1.807, 2.05) is 0 Å². The minimum absolute atomic E-state index is 0.0208. The van der Waals surface area contributed by atoms with Gasteiger partial charge in [-0.1, -0.05) is 12.1 Å². The highest BCUT2D eigenvalue weighted by molar-refractivity contribution is 5.87. The Labute approximate surface area is 158 Å². The molecule has 0 saturated heterocycles. The molecule has 1 amide bonds. The first-order chi connectivity index (χ1) is 13.4. The van der Waals surface area contributed by atoms with Crippen LogP contribution in [-0.2, 0) is 21.7 Å². The number of carbonyl (C=O) groups excluding carboxylic acids is 1. The van der Waals surface area contributed by atoms with Crippen LogP contribution >= 0.6 is 0 Å². The summed E-state index contributed by atoms with van der Waals surface area (Å²) in [5, 5.41) is 11.2. The molecular weight excluding hydrogens is 380 g/mol. The van der Waals surface area contributed by atoms with Gasteiger partial charge in [0.1, 0.15) is 6.10 Å². The fraction of sp³-hybridized carbons (Fsp3) is 0.368. The third kappa shape index (κ3) is 3.72. The molecule has 3 rings (SSSR count). The fourth-order valence-electron chi connectivity index (χ4n) is 3.22. The van der Waals surface area contributed by atoms with E-state index in [0.717, 1.165) is 12.1 Å². The molecule has 0 unspecified atom stereocenters. The Bertz CT molecular complexity index is 880. The van der Waals surface area contributed by atoms with E-state index in [2.05, 4.69) is 10.3 Å². The van der Waals surface area contributed by atoms with Gasteiger partial charge in [0.15, 0.2) is 17.5 Å². The van der Waals surface area contributed by atoms with Gasteiger partial charge >= 0.3 is 0 Å². The van der Waals surface area contributed by atoms with Gasteiger partial charge in [-0.15, -0.1) is 0 Å². The number of amides is 1. The van der Waals surface area contributed by atoms with Crippen molar-refractivity contribution in [2.24, 2.45) is 0 Å². The number of rotatable bonds is 6. The van der Waals surface area contributed by atoms with E-state index in [4.69, 9.17) is 9.84 Å². The zero-order valence-electron chi connectivity index (χ0n) is 14.7. The lowest BCUT2D eigenvalue weighted by molar-refractivity contribution is -0.136. The first-order valence-corrected chi connectivity index (χ1v) is 8.66. The Balaban J connectivity index is 1.80. The molecule has 1 aromatic carbocycles. The standard InChI is InChI=1S/C19H18F4N2O3/c20-13-4-3-11(15(21)16(13)22)10-25-18(27)19(23)6-5-14(28-9-8-26)17-12(19)2-1-7-24-17/h1-4,7,14,26H,5-6,8-10H2,(H,25,27)/t14-,19-/m0/s1. The van der Waals surface area contributed by atoms with E-state index >= 15 is 4.39 Å². The van der Waals surface area contributed by atoms with E-state index in [0.29, 0.717) is 0 Å². The van der Waals surface area contributed by atoms with E-state index in [1.165, 1.54) is 18.3 Å². The molecule has 1 aromatic heterocycles. The largest absolute Gasteiger partial charge is 0.394 e. The lowest BCUT2D eigenvalue weighted by Gasteiger charge is -2.34. The van der Waals surface area contributed by atoms with Crippen molar-refractivity contribution in [3.05, 3.63) is 64.7 Å². The molecule has 28 heavy (non-hydrogen) atoms. The van der Waals surface area contributed by atoms with E-state index in [9.17, 15) is 18.0 Å². The molecular formula is C19H18F4N2O3. The van der Waals surface area contributed by atoms with Gasteiger partial charge in [-0.05, 0) is 25.0 Å². The van der Waals surface area contributed by atoms with Crippen molar-refractivity contribution >= 4 is 5.91 Å². The summed E-state index contributed by atoms with van der Waals surface area (Å²) in [6, 6.07) is 4.60. The summed E-state index contributed by atoms with van der Waals surface area (Å²) in [7, 11) is 0. The number of aromatic nitrogens is 1. The summed E-state index contributed by atoms with van der Waals surface area (Å²) in [6.45, 7) is -0.672. The predicted molar refractivity (Wildman–Crippen MR) is 90.2 cm³/mol. The Morgan fingerprint density at radius 1 is 1.29 bits per heavy atom. The SMILES string of the molecule is O=C(NCc1ccc(F)c(F)c1F)[C@]1(F)CC[C@H](OCCO)c2ncccc21. The maximum Gasteiger partial charge on any atom is 0.262 e. The number of carbonyl (C=O) groups is 1. The number of aliphatic hydroxyl groups is 1. The molecule has 0 radical (unpaired) electrons. The summed E-state index contributed by atoms with van der Waals surface area (Å²) in [4.78, 5) is 16.7. The average Bonchev–Trinajstić information content (AvgIpc) is 2.71. The van der Waals surface area contributed by atoms with Gasteiger partial charge in [0.05, 0.1) is 18.9 Å². The van der Waals surface area contributed by atoms with Crippen molar-refractivity contribution in [2.75, 3.05) is 13.2 Å². The first kappa shape index (κ1) is 20.2. The number of ether oxygens (including phenoxy) is 1. The number of hydrogen-bond acceptors (Lipinski definition) is 4. The van der Waals surface area contributed by atoms with Crippen molar-refractivity contribution < 1.29 is 32.2 Å². The number of benzene rings is 1.